The van der Waals surface area contributed by atoms with E-state index in [2.05, 4.69) is 15.5 Å². The highest BCUT2D eigenvalue weighted by Crippen LogP contribution is 2.41. The molecular formula is C26H27F3N4O2. The van der Waals surface area contributed by atoms with Gasteiger partial charge in [0.25, 0.3) is 0 Å². The molecule has 1 fully saturated rings. The van der Waals surface area contributed by atoms with Crippen LogP contribution in [0, 0.1) is 0 Å². The average molecular weight is 485 g/mol. The van der Waals surface area contributed by atoms with E-state index in [0.29, 0.717) is 40.0 Å². The van der Waals surface area contributed by atoms with E-state index < -0.39 is 11.7 Å². The highest BCUT2D eigenvalue weighted by molar-refractivity contribution is 6.06. The van der Waals surface area contributed by atoms with Crippen molar-refractivity contribution in [1.29, 1.82) is 0 Å². The number of carbonyl (C=O) groups is 2. The normalized spacial score (nSPS) is 16.4. The summed E-state index contributed by atoms with van der Waals surface area (Å²) in [5.74, 6) is -0.527. The van der Waals surface area contributed by atoms with E-state index >= 15 is 0 Å². The van der Waals surface area contributed by atoms with Crippen LogP contribution in [0.1, 0.15) is 30.4 Å². The van der Waals surface area contributed by atoms with Gasteiger partial charge in [-0.15, -0.1) is 0 Å². The minimum atomic E-state index is -4.51. The fourth-order valence-corrected chi connectivity index (χ4v) is 5.14. The third-order valence-electron chi connectivity index (χ3n) is 6.79. The molecule has 0 unspecified atom stereocenters. The third kappa shape index (κ3) is 4.77. The van der Waals surface area contributed by atoms with E-state index in [9.17, 15) is 22.8 Å². The highest BCUT2D eigenvalue weighted by atomic mass is 19.4. The second-order valence-corrected chi connectivity index (χ2v) is 9.17. The van der Waals surface area contributed by atoms with Gasteiger partial charge < -0.3 is 20.1 Å². The standard InChI is InChI=1S/C26H27F3N4O2/c27-26(28,29)17-8-9-22-19(14-17)20-15-23(34)31-21-7-3-2-6-18(21)25(20)33(22)16-24(35)30-10-13-32-11-4-1-5-12-32/h2-3,6-9,14H,1,4-5,10-13,15-16H2,(H,30,35)(H,31,34). The molecule has 0 spiro atoms. The summed E-state index contributed by atoms with van der Waals surface area (Å²) in [5, 5.41) is 6.13. The molecular weight excluding hydrogens is 457 g/mol. The fraction of sp³-hybridized carbons (Fsp3) is 0.385. The first-order valence-electron chi connectivity index (χ1n) is 11.9. The van der Waals surface area contributed by atoms with Crippen molar-refractivity contribution < 1.29 is 22.8 Å². The summed E-state index contributed by atoms with van der Waals surface area (Å²) in [6, 6.07) is 10.7. The molecule has 2 aliphatic heterocycles. The van der Waals surface area contributed by atoms with Crippen LogP contribution >= 0.6 is 0 Å². The van der Waals surface area contributed by atoms with Crippen molar-refractivity contribution in [2.75, 3.05) is 31.5 Å². The van der Waals surface area contributed by atoms with E-state index in [1.807, 2.05) is 12.1 Å². The minimum Gasteiger partial charge on any atom is -0.353 e. The SMILES string of the molecule is O=C(Cn1c2c(c3cc(C(F)(F)F)ccc31)CC(=O)Nc1ccccc1-2)NCCN1CCCCC1. The van der Waals surface area contributed by atoms with E-state index in [-0.39, 0.29) is 24.8 Å². The number of halogens is 3. The smallest absolute Gasteiger partial charge is 0.353 e. The Labute approximate surface area is 201 Å². The summed E-state index contributed by atoms with van der Waals surface area (Å²) < 4.78 is 42.2. The number of rotatable bonds is 5. The van der Waals surface area contributed by atoms with Gasteiger partial charge in [-0.2, -0.15) is 13.2 Å². The zero-order valence-electron chi connectivity index (χ0n) is 19.3. The maximum absolute atomic E-state index is 13.5. The molecule has 2 amide bonds. The van der Waals surface area contributed by atoms with Gasteiger partial charge in [-0.25, -0.2) is 0 Å². The first-order valence-corrected chi connectivity index (χ1v) is 11.9. The van der Waals surface area contributed by atoms with Crippen LogP contribution < -0.4 is 10.6 Å². The van der Waals surface area contributed by atoms with Gasteiger partial charge in [-0.1, -0.05) is 24.6 Å². The van der Waals surface area contributed by atoms with Gasteiger partial charge in [-0.3, -0.25) is 9.59 Å². The molecule has 2 aromatic carbocycles. The number of piperidine rings is 1. The van der Waals surface area contributed by atoms with Crippen molar-refractivity contribution >= 4 is 28.4 Å². The molecule has 0 saturated carbocycles. The van der Waals surface area contributed by atoms with Gasteiger partial charge in [-0.05, 0) is 55.8 Å². The summed E-state index contributed by atoms with van der Waals surface area (Å²) in [6.45, 7) is 3.29. The highest BCUT2D eigenvalue weighted by Gasteiger charge is 2.33. The van der Waals surface area contributed by atoms with E-state index in [4.69, 9.17) is 0 Å². The maximum Gasteiger partial charge on any atom is 0.416 e. The molecule has 3 aromatic rings. The first kappa shape index (κ1) is 23.4. The van der Waals surface area contributed by atoms with Gasteiger partial charge in [0.2, 0.25) is 11.8 Å². The molecule has 184 valence electrons. The van der Waals surface area contributed by atoms with Crippen molar-refractivity contribution in [2.45, 2.75) is 38.4 Å². The molecule has 0 atom stereocenters. The van der Waals surface area contributed by atoms with Crippen LogP contribution in [0.5, 0.6) is 0 Å². The zero-order chi connectivity index (χ0) is 24.6. The van der Waals surface area contributed by atoms with Crippen molar-refractivity contribution in [3.05, 3.63) is 53.6 Å². The fourth-order valence-electron chi connectivity index (χ4n) is 5.14. The number of para-hydroxylation sites is 1. The van der Waals surface area contributed by atoms with Gasteiger partial charge in [0.15, 0.2) is 0 Å². The molecule has 0 bridgehead atoms. The summed E-state index contributed by atoms with van der Waals surface area (Å²) in [7, 11) is 0. The number of anilines is 1. The zero-order valence-corrected chi connectivity index (χ0v) is 19.3. The number of nitrogens with one attached hydrogen (secondary N) is 2. The number of amides is 2. The summed E-state index contributed by atoms with van der Waals surface area (Å²) in [4.78, 5) is 27.9. The van der Waals surface area contributed by atoms with Crippen LogP contribution in [0.25, 0.3) is 22.2 Å². The van der Waals surface area contributed by atoms with Crippen molar-refractivity contribution in [3.63, 3.8) is 0 Å². The second-order valence-electron chi connectivity index (χ2n) is 9.17. The number of benzene rings is 2. The van der Waals surface area contributed by atoms with E-state index in [1.54, 1.807) is 16.7 Å². The predicted molar refractivity (Wildman–Crippen MR) is 128 cm³/mol. The van der Waals surface area contributed by atoms with E-state index in [1.165, 1.54) is 25.3 Å². The largest absolute Gasteiger partial charge is 0.416 e. The number of hydrogen-bond donors (Lipinski definition) is 2. The van der Waals surface area contributed by atoms with Crippen LogP contribution in [-0.2, 0) is 28.7 Å². The molecule has 2 N–H and O–H groups in total. The maximum atomic E-state index is 13.5. The van der Waals surface area contributed by atoms with Crippen molar-refractivity contribution in [3.8, 4) is 11.3 Å². The second kappa shape index (κ2) is 9.37. The van der Waals surface area contributed by atoms with Gasteiger partial charge in [0.1, 0.15) is 6.54 Å². The van der Waals surface area contributed by atoms with Crippen LogP contribution in [-0.4, -0.2) is 47.5 Å². The van der Waals surface area contributed by atoms with Gasteiger partial charge >= 0.3 is 6.18 Å². The lowest BCUT2D eigenvalue weighted by Gasteiger charge is -2.26. The molecule has 1 saturated heterocycles. The Balaban J connectivity index is 1.52. The number of aromatic nitrogens is 1. The molecule has 35 heavy (non-hydrogen) atoms. The third-order valence-corrected chi connectivity index (χ3v) is 6.79. The van der Waals surface area contributed by atoms with Gasteiger partial charge in [0, 0.05) is 29.6 Å². The van der Waals surface area contributed by atoms with Crippen LogP contribution in [0.15, 0.2) is 42.5 Å². The molecule has 5 rings (SSSR count). The Bertz CT molecular complexity index is 1280. The number of alkyl halides is 3. The number of carbonyl (C=O) groups excluding carboxylic acids is 2. The number of nitrogens with zero attached hydrogens (tertiary/aromatic N) is 2. The molecule has 3 heterocycles. The molecule has 0 radical (unpaired) electrons. The topological polar surface area (TPSA) is 66.4 Å². The molecule has 0 aliphatic carbocycles. The van der Waals surface area contributed by atoms with Crippen molar-refractivity contribution in [1.82, 2.24) is 14.8 Å². The van der Waals surface area contributed by atoms with Crippen LogP contribution in [0.2, 0.25) is 0 Å². The molecule has 9 heteroatoms. The predicted octanol–water partition coefficient (Wildman–Crippen LogP) is 4.42. The Morgan fingerprint density at radius 1 is 1.06 bits per heavy atom. The Morgan fingerprint density at radius 2 is 1.83 bits per heavy atom. The Hall–Kier alpha value is -3.33. The van der Waals surface area contributed by atoms with Crippen LogP contribution in [0.4, 0.5) is 18.9 Å². The number of likely N-dealkylation sites (tertiary alicyclic amines) is 1. The van der Waals surface area contributed by atoms with E-state index in [0.717, 1.165) is 31.8 Å². The molecule has 2 aliphatic rings. The Kier molecular flexibility index (Phi) is 6.27. The average Bonchev–Trinajstić information content (AvgIpc) is 3.02. The van der Waals surface area contributed by atoms with Gasteiger partial charge in [0.05, 0.1) is 23.4 Å². The number of hydrogen-bond acceptors (Lipinski definition) is 3. The quantitative estimate of drug-likeness (QED) is 0.563. The van der Waals surface area contributed by atoms with Crippen molar-refractivity contribution in [2.24, 2.45) is 0 Å². The number of fused-ring (bicyclic) bond motifs is 5. The van der Waals surface area contributed by atoms with Crippen LogP contribution in [0.3, 0.4) is 0 Å². The monoisotopic (exact) mass is 484 g/mol. The first-order chi connectivity index (χ1) is 16.8. The molecule has 1 aromatic heterocycles. The minimum absolute atomic E-state index is 0.0558. The lowest BCUT2D eigenvalue weighted by atomic mass is 10.0. The Morgan fingerprint density at radius 3 is 2.60 bits per heavy atom. The molecule has 6 nitrogen and oxygen atoms in total. The lowest BCUT2D eigenvalue weighted by molar-refractivity contribution is -0.137. The summed E-state index contributed by atoms with van der Waals surface area (Å²) >= 11 is 0. The lowest BCUT2D eigenvalue weighted by Crippen LogP contribution is -2.38. The summed E-state index contributed by atoms with van der Waals surface area (Å²) in [6.07, 6.45) is -1.02. The summed E-state index contributed by atoms with van der Waals surface area (Å²) in [5.41, 5.74) is 2.06.